The molecule has 3 rings (SSSR count). The lowest BCUT2D eigenvalue weighted by Gasteiger charge is -2.24. The van der Waals surface area contributed by atoms with Crippen LogP contribution in [0.3, 0.4) is 0 Å². The van der Waals surface area contributed by atoms with Crippen molar-refractivity contribution in [2.75, 3.05) is 20.2 Å². The summed E-state index contributed by atoms with van der Waals surface area (Å²) in [6.07, 6.45) is -5.20. The van der Waals surface area contributed by atoms with Crippen LogP contribution < -0.4 is 19.9 Å². The standard InChI is InChI=1S/C26H25F3N2O5/c1-34-23-15-19(11-12-22(23)35-17-18-7-3-2-4-8-18)16-31(14-13-30)24(32)20-9-5-6-10-21(20)36-25(33)26(27,28)29/h2-12,15H,13-14,16-17,30H2,1H3. The Labute approximate surface area is 206 Å². The summed E-state index contributed by atoms with van der Waals surface area (Å²) < 4.78 is 53.8. The molecule has 0 aliphatic carbocycles. The largest absolute Gasteiger partial charge is 0.493 e. The van der Waals surface area contributed by atoms with E-state index in [1.54, 1.807) is 18.2 Å². The van der Waals surface area contributed by atoms with Gasteiger partial charge in [-0.05, 0) is 35.4 Å². The van der Waals surface area contributed by atoms with Crippen molar-refractivity contribution in [3.63, 3.8) is 0 Å². The predicted molar refractivity (Wildman–Crippen MR) is 126 cm³/mol. The highest BCUT2D eigenvalue weighted by Gasteiger charge is 2.42. The molecule has 2 N–H and O–H groups in total. The second kappa shape index (κ2) is 12.1. The second-order valence-electron chi connectivity index (χ2n) is 7.66. The van der Waals surface area contributed by atoms with Crippen molar-refractivity contribution < 1.29 is 37.0 Å². The summed E-state index contributed by atoms with van der Waals surface area (Å²) in [5.41, 5.74) is 7.13. The van der Waals surface area contributed by atoms with E-state index in [2.05, 4.69) is 4.74 Å². The van der Waals surface area contributed by atoms with E-state index in [0.29, 0.717) is 23.7 Å². The molecule has 0 aliphatic rings. The maximum atomic E-state index is 13.2. The molecule has 0 aliphatic heterocycles. The highest BCUT2D eigenvalue weighted by Crippen LogP contribution is 2.30. The molecule has 0 atom stereocenters. The van der Waals surface area contributed by atoms with Gasteiger partial charge in [0, 0.05) is 19.6 Å². The average molecular weight is 502 g/mol. The summed E-state index contributed by atoms with van der Waals surface area (Å²) in [6, 6.07) is 20.0. The number of nitrogens with zero attached hydrogens (tertiary/aromatic N) is 1. The fourth-order valence-electron chi connectivity index (χ4n) is 3.35. The Hall–Kier alpha value is -4.05. The van der Waals surface area contributed by atoms with Crippen molar-refractivity contribution in [2.45, 2.75) is 19.3 Å². The van der Waals surface area contributed by atoms with Gasteiger partial charge in [0.15, 0.2) is 11.5 Å². The van der Waals surface area contributed by atoms with Crippen LogP contribution in [0.5, 0.6) is 17.2 Å². The molecule has 7 nitrogen and oxygen atoms in total. The normalized spacial score (nSPS) is 11.0. The van der Waals surface area contributed by atoms with Gasteiger partial charge in [-0.1, -0.05) is 48.5 Å². The minimum absolute atomic E-state index is 0.0763. The van der Waals surface area contributed by atoms with E-state index in [4.69, 9.17) is 15.2 Å². The first-order valence-electron chi connectivity index (χ1n) is 10.9. The highest BCUT2D eigenvalue weighted by molar-refractivity contribution is 5.97. The molecule has 10 heteroatoms. The van der Waals surface area contributed by atoms with Crippen molar-refractivity contribution >= 4 is 11.9 Å². The van der Waals surface area contributed by atoms with E-state index in [-0.39, 0.29) is 25.2 Å². The first kappa shape index (κ1) is 26.6. The monoisotopic (exact) mass is 502 g/mol. The molecule has 3 aromatic carbocycles. The molecule has 190 valence electrons. The van der Waals surface area contributed by atoms with Gasteiger partial charge < -0.3 is 24.8 Å². The molecule has 0 saturated heterocycles. The van der Waals surface area contributed by atoms with Crippen molar-refractivity contribution in [3.05, 3.63) is 89.5 Å². The van der Waals surface area contributed by atoms with Crippen molar-refractivity contribution in [2.24, 2.45) is 5.73 Å². The highest BCUT2D eigenvalue weighted by atomic mass is 19.4. The van der Waals surface area contributed by atoms with Gasteiger partial charge >= 0.3 is 12.1 Å². The zero-order valence-electron chi connectivity index (χ0n) is 19.5. The number of amides is 1. The van der Waals surface area contributed by atoms with E-state index in [0.717, 1.165) is 11.6 Å². The Kier molecular flexibility index (Phi) is 8.91. The summed E-state index contributed by atoms with van der Waals surface area (Å²) in [6.45, 7) is 0.620. The topological polar surface area (TPSA) is 91.1 Å². The first-order valence-corrected chi connectivity index (χ1v) is 10.9. The maximum Gasteiger partial charge on any atom is 0.491 e. The van der Waals surface area contributed by atoms with Gasteiger partial charge in [0.1, 0.15) is 12.4 Å². The second-order valence-corrected chi connectivity index (χ2v) is 7.66. The van der Waals surface area contributed by atoms with Gasteiger partial charge in [-0.2, -0.15) is 13.2 Å². The maximum absolute atomic E-state index is 13.2. The summed E-state index contributed by atoms with van der Waals surface area (Å²) in [7, 11) is 1.49. The Morgan fingerprint density at radius 2 is 1.58 bits per heavy atom. The Morgan fingerprint density at radius 3 is 2.25 bits per heavy atom. The van der Waals surface area contributed by atoms with Crippen LogP contribution >= 0.6 is 0 Å². The zero-order valence-corrected chi connectivity index (χ0v) is 19.5. The van der Waals surface area contributed by atoms with E-state index < -0.39 is 23.8 Å². The summed E-state index contributed by atoms with van der Waals surface area (Å²) in [5.74, 6) is -2.60. The molecule has 0 fully saturated rings. The van der Waals surface area contributed by atoms with Gasteiger partial charge in [0.2, 0.25) is 0 Å². The Morgan fingerprint density at radius 1 is 0.889 bits per heavy atom. The smallest absolute Gasteiger partial charge is 0.491 e. The molecule has 0 saturated carbocycles. The number of nitrogens with two attached hydrogens (primary N) is 1. The molecule has 3 aromatic rings. The Bertz CT molecular complexity index is 1190. The number of hydrogen-bond acceptors (Lipinski definition) is 6. The predicted octanol–water partition coefficient (Wildman–Crippen LogP) is 4.34. The van der Waals surface area contributed by atoms with Gasteiger partial charge in [-0.3, -0.25) is 4.79 Å². The van der Waals surface area contributed by atoms with E-state index >= 15 is 0 Å². The van der Waals surface area contributed by atoms with Gasteiger partial charge in [-0.25, -0.2) is 4.79 Å². The van der Waals surface area contributed by atoms with Crippen LogP contribution in [0.25, 0.3) is 0 Å². The minimum Gasteiger partial charge on any atom is -0.493 e. The third-order valence-corrected chi connectivity index (χ3v) is 5.08. The summed E-state index contributed by atoms with van der Waals surface area (Å²) >= 11 is 0. The molecule has 0 aromatic heterocycles. The van der Waals surface area contributed by atoms with Gasteiger partial charge in [0.05, 0.1) is 12.7 Å². The lowest BCUT2D eigenvalue weighted by atomic mass is 10.1. The molecule has 0 unspecified atom stereocenters. The molecule has 0 heterocycles. The number of alkyl halides is 3. The molecule has 0 bridgehead atoms. The lowest BCUT2D eigenvalue weighted by molar-refractivity contribution is -0.189. The molecule has 0 radical (unpaired) electrons. The molecule has 36 heavy (non-hydrogen) atoms. The molecular weight excluding hydrogens is 477 g/mol. The van der Waals surface area contributed by atoms with Crippen LogP contribution in [0.1, 0.15) is 21.5 Å². The van der Waals surface area contributed by atoms with E-state index in [9.17, 15) is 22.8 Å². The third-order valence-electron chi connectivity index (χ3n) is 5.08. The summed E-state index contributed by atoms with van der Waals surface area (Å²) in [4.78, 5) is 25.9. The van der Waals surface area contributed by atoms with Crippen LogP contribution in [0.4, 0.5) is 13.2 Å². The number of benzene rings is 3. The number of halogens is 3. The van der Waals surface area contributed by atoms with Crippen LogP contribution in [-0.4, -0.2) is 43.2 Å². The van der Waals surface area contributed by atoms with Crippen molar-refractivity contribution in [3.8, 4) is 17.2 Å². The van der Waals surface area contributed by atoms with Crippen molar-refractivity contribution in [1.29, 1.82) is 0 Å². The average Bonchev–Trinajstić information content (AvgIpc) is 2.87. The zero-order chi connectivity index (χ0) is 26.1. The molecule has 0 spiro atoms. The van der Waals surface area contributed by atoms with Crippen LogP contribution in [0.15, 0.2) is 72.8 Å². The first-order chi connectivity index (χ1) is 17.2. The van der Waals surface area contributed by atoms with E-state index in [1.165, 1.54) is 30.2 Å². The van der Waals surface area contributed by atoms with Gasteiger partial charge in [0.25, 0.3) is 5.91 Å². The number of hydrogen-bond donors (Lipinski definition) is 1. The number of methoxy groups -OCH3 is 1. The van der Waals surface area contributed by atoms with Crippen LogP contribution in [0.2, 0.25) is 0 Å². The number of rotatable bonds is 10. The molecular formula is C26H25F3N2O5. The number of para-hydroxylation sites is 1. The SMILES string of the molecule is COc1cc(CN(CCN)C(=O)c2ccccc2OC(=O)C(F)(F)F)ccc1OCc1ccccc1. The Balaban J connectivity index is 1.79. The lowest BCUT2D eigenvalue weighted by Crippen LogP contribution is -2.35. The fourth-order valence-corrected chi connectivity index (χ4v) is 3.35. The fraction of sp³-hybridized carbons (Fsp3) is 0.231. The minimum atomic E-state index is -5.20. The van der Waals surface area contributed by atoms with Crippen molar-refractivity contribution in [1.82, 2.24) is 4.90 Å². The van der Waals surface area contributed by atoms with Gasteiger partial charge in [-0.15, -0.1) is 0 Å². The number of ether oxygens (including phenoxy) is 3. The van der Waals surface area contributed by atoms with Crippen LogP contribution in [0, 0.1) is 0 Å². The van der Waals surface area contributed by atoms with E-state index in [1.807, 2.05) is 30.3 Å². The quantitative estimate of drug-likeness (QED) is 0.328. The number of esters is 1. The number of carbonyl (C=O) groups is 2. The van der Waals surface area contributed by atoms with Crippen LogP contribution in [-0.2, 0) is 17.9 Å². The summed E-state index contributed by atoms with van der Waals surface area (Å²) in [5, 5.41) is 0. The molecule has 1 amide bonds. The third kappa shape index (κ3) is 6.98. The number of carbonyl (C=O) groups excluding carboxylic acids is 2.